The Morgan fingerprint density at radius 3 is 1.27 bits per heavy atom. The summed E-state index contributed by atoms with van der Waals surface area (Å²) in [5.41, 5.74) is 0. The molecule has 0 saturated carbocycles. The second-order valence-electron chi connectivity index (χ2n) is 7.69. The predicted molar refractivity (Wildman–Crippen MR) is 113 cm³/mol. The fraction of sp³-hybridized carbons (Fsp3) is 1.00. The van der Waals surface area contributed by atoms with Gasteiger partial charge in [-0.3, -0.25) is 4.55 Å². The molecule has 0 fully saturated rings. The lowest BCUT2D eigenvalue weighted by molar-refractivity contribution is 0.479. The molecular weight excluding hydrogens is 346 g/mol. The minimum atomic E-state index is -3.81. The van der Waals surface area contributed by atoms with E-state index >= 15 is 0 Å². The van der Waals surface area contributed by atoms with Gasteiger partial charge in [-0.05, 0) is 13.0 Å². The van der Waals surface area contributed by atoms with E-state index in [1.807, 2.05) is 0 Å². The summed E-state index contributed by atoms with van der Waals surface area (Å²) in [6.45, 7) is 3.46. The molecule has 0 aromatic heterocycles. The summed E-state index contributed by atoms with van der Waals surface area (Å²) in [4.78, 5) is 0. The number of nitrogens with one attached hydrogen (secondary N) is 1. The Balaban J connectivity index is 3.03. The van der Waals surface area contributed by atoms with Gasteiger partial charge in [-0.25, -0.2) is 0 Å². The third-order valence-electron chi connectivity index (χ3n) is 4.99. The molecule has 2 N–H and O–H groups in total. The largest absolute Gasteiger partial charge is 0.316 e. The quantitative estimate of drug-likeness (QED) is 0.183. The van der Waals surface area contributed by atoms with Crippen LogP contribution in [0.15, 0.2) is 0 Å². The molecule has 0 bridgehead atoms. The number of hydrogen-bond acceptors (Lipinski definition) is 3. The Morgan fingerprint density at radius 1 is 0.577 bits per heavy atom. The van der Waals surface area contributed by atoms with Gasteiger partial charge in [0.15, 0.2) is 0 Å². The van der Waals surface area contributed by atoms with Crippen LogP contribution in [0.4, 0.5) is 0 Å². The summed E-state index contributed by atoms with van der Waals surface area (Å²) in [6.07, 6.45) is 23.2. The average Bonchev–Trinajstić information content (AvgIpc) is 2.59. The van der Waals surface area contributed by atoms with Crippen molar-refractivity contribution in [3.05, 3.63) is 0 Å². The van der Waals surface area contributed by atoms with Gasteiger partial charge in [0.2, 0.25) is 0 Å². The molecule has 0 atom stereocenters. The molecular formula is C21H45NO3S. The number of rotatable bonds is 21. The molecule has 0 rings (SSSR count). The van der Waals surface area contributed by atoms with Crippen LogP contribution in [0.5, 0.6) is 0 Å². The Kier molecular flexibility index (Phi) is 19.5. The van der Waals surface area contributed by atoms with Crippen LogP contribution < -0.4 is 5.32 Å². The molecule has 0 aliphatic heterocycles. The van der Waals surface area contributed by atoms with Crippen LogP contribution >= 0.6 is 0 Å². The lowest BCUT2D eigenvalue weighted by atomic mass is 10.0. The summed E-state index contributed by atoms with van der Waals surface area (Å²) in [7, 11) is -3.81. The Morgan fingerprint density at radius 2 is 0.923 bits per heavy atom. The smallest absolute Gasteiger partial charge is 0.266 e. The molecule has 5 heteroatoms. The third-order valence-corrected chi connectivity index (χ3v) is 5.71. The zero-order valence-corrected chi connectivity index (χ0v) is 18.1. The van der Waals surface area contributed by atoms with Crippen molar-refractivity contribution in [2.75, 3.05) is 18.8 Å². The van der Waals surface area contributed by atoms with Gasteiger partial charge in [0.05, 0.1) is 5.75 Å². The van der Waals surface area contributed by atoms with Crippen molar-refractivity contribution in [3.8, 4) is 0 Å². The van der Waals surface area contributed by atoms with Crippen LogP contribution in [0.1, 0.15) is 116 Å². The first-order chi connectivity index (χ1) is 12.6. The maximum absolute atomic E-state index is 10.5. The van der Waals surface area contributed by atoms with E-state index in [0.717, 1.165) is 13.0 Å². The second-order valence-corrected chi connectivity index (χ2v) is 9.26. The topological polar surface area (TPSA) is 66.4 Å². The monoisotopic (exact) mass is 391 g/mol. The van der Waals surface area contributed by atoms with Crippen molar-refractivity contribution in [2.24, 2.45) is 0 Å². The van der Waals surface area contributed by atoms with Crippen LogP contribution in [0.25, 0.3) is 0 Å². The van der Waals surface area contributed by atoms with Crippen molar-refractivity contribution in [3.63, 3.8) is 0 Å². The SMILES string of the molecule is CCCCCCCCCCCCCCCCCCCNCCS(=O)(=O)O. The normalized spacial score (nSPS) is 11.9. The highest BCUT2D eigenvalue weighted by Crippen LogP contribution is 2.13. The molecule has 158 valence electrons. The highest BCUT2D eigenvalue weighted by Gasteiger charge is 2.02. The van der Waals surface area contributed by atoms with Gasteiger partial charge in [0.25, 0.3) is 10.1 Å². The predicted octanol–water partition coefficient (Wildman–Crippen LogP) is 6.12. The molecule has 0 amide bonds. The summed E-state index contributed by atoms with van der Waals surface area (Å²) < 4.78 is 29.7. The maximum atomic E-state index is 10.5. The summed E-state index contributed by atoms with van der Waals surface area (Å²) >= 11 is 0. The van der Waals surface area contributed by atoms with Gasteiger partial charge >= 0.3 is 0 Å². The number of unbranched alkanes of at least 4 members (excludes halogenated alkanes) is 16. The van der Waals surface area contributed by atoms with E-state index in [9.17, 15) is 8.42 Å². The standard InChI is InChI=1S/C21H45NO3S/c1-2-3-4-5-6-7-8-9-10-11-12-13-14-15-16-17-18-19-22-20-21-26(23,24)25/h22H,2-21H2,1H3,(H,23,24,25). The summed E-state index contributed by atoms with van der Waals surface area (Å²) in [5.74, 6) is -0.189. The molecule has 0 saturated heterocycles. The Bertz CT molecular complexity index is 371. The van der Waals surface area contributed by atoms with Crippen LogP contribution in [-0.4, -0.2) is 31.8 Å². The highest BCUT2D eigenvalue weighted by molar-refractivity contribution is 7.85. The minimum absolute atomic E-state index is 0.189. The Hall–Kier alpha value is -0.130. The van der Waals surface area contributed by atoms with Crippen molar-refractivity contribution in [2.45, 2.75) is 116 Å². The molecule has 4 nitrogen and oxygen atoms in total. The van der Waals surface area contributed by atoms with Gasteiger partial charge < -0.3 is 5.32 Å². The lowest BCUT2D eigenvalue weighted by Gasteiger charge is -2.04. The van der Waals surface area contributed by atoms with Gasteiger partial charge in [0, 0.05) is 6.54 Å². The van der Waals surface area contributed by atoms with E-state index in [0.29, 0.717) is 6.54 Å². The van der Waals surface area contributed by atoms with Gasteiger partial charge in [0.1, 0.15) is 0 Å². The fourth-order valence-corrected chi connectivity index (χ4v) is 3.70. The number of hydrogen-bond donors (Lipinski definition) is 2. The second kappa shape index (κ2) is 19.6. The fourth-order valence-electron chi connectivity index (χ4n) is 3.30. The van der Waals surface area contributed by atoms with Crippen LogP contribution in [0.2, 0.25) is 0 Å². The van der Waals surface area contributed by atoms with Gasteiger partial charge in [-0.1, -0.05) is 110 Å². The molecule has 26 heavy (non-hydrogen) atoms. The van der Waals surface area contributed by atoms with E-state index in [-0.39, 0.29) is 5.75 Å². The Labute approximate surface area is 163 Å². The molecule has 0 spiro atoms. The molecule has 0 aromatic carbocycles. The molecule has 0 unspecified atom stereocenters. The van der Waals surface area contributed by atoms with Crippen LogP contribution in [-0.2, 0) is 10.1 Å². The third kappa shape index (κ3) is 23.9. The zero-order valence-electron chi connectivity index (χ0n) is 17.3. The van der Waals surface area contributed by atoms with Crippen molar-refractivity contribution in [1.82, 2.24) is 5.32 Å². The van der Waals surface area contributed by atoms with E-state index in [4.69, 9.17) is 4.55 Å². The molecule has 0 aliphatic rings. The average molecular weight is 392 g/mol. The molecule has 0 heterocycles. The molecule has 0 aromatic rings. The lowest BCUT2D eigenvalue weighted by Crippen LogP contribution is -2.23. The minimum Gasteiger partial charge on any atom is -0.316 e. The molecule has 0 aliphatic carbocycles. The first kappa shape index (κ1) is 25.9. The maximum Gasteiger partial charge on any atom is 0.266 e. The van der Waals surface area contributed by atoms with Crippen LogP contribution in [0, 0.1) is 0 Å². The van der Waals surface area contributed by atoms with Gasteiger partial charge in [-0.15, -0.1) is 0 Å². The highest BCUT2D eigenvalue weighted by atomic mass is 32.2. The summed E-state index contributed by atoms with van der Waals surface area (Å²) in [5, 5.41) is 3.05. The van der Waals surface area contributed by atoms with Crippen molar-refractivity contribution in [1.29, 1.82) is 0 Å². The van der Waals surface area contributed by atoms with Gasteiger partial charge in [-0.2, -0.15) is 8.42 Å². The van der Waals surface area contributed by atoms with E-state index < -0.39 is 10.1 Å². The first-order valence-electron chi connectivity index (χ1n) is 11.2. The van der Waals surface area contributed by atoms with E-state index in [1.54, 1.807) is 0 Å². The van der Waals surface area contributed by atoms with E-state index in [1.165, 1.54) is 103 Å². The van der Waals surface area contributed by atoms with Crippen molar-refractivity contribution < 1.29 is 13.0 Å². The first-order valence-corrected chi connectivity index (χ1v) is 12.8. The van der Waals surface area contributed by atoms with Crippen molar-refractivity contribution >= 4 is 10.1 Å². The molecule has 0 radical (unpaired) electrons. The van der Waals surface area contributed by atoms with E-state index in [2.05, 4.69) is 12.2 Å². The zero-order chi connectivity index (χ0) is 19.3. The summed E-state index contributed by atoms with van der Waals surface area (Å²) in [6, 6.07) is 0. The van der Waals surface area contributed by atoms with Crippen LogP contribution in [0.3, 0.4) is 0 Å².